The van der Waals surface area contributed by atoms with Gasteiger partial charge in [-0.2, -0.15) is 0 Å². The van der Waals surface area contributed by atoms with Gasteiger partial charge in [-0.1, -0.05) is 0 Å². The van der Waals surface area contributed by atoms with Gasteiger partial charge < -0.3 is 9.66 Å². The van der Waals surface area contributed by atoms with Gasteiger partial charge in [0.25, 0.3) is 0 Å². The van der Waals surface area contributed by atoms with Crippen LogP contribution < -0.4 is 0 Å². The van der Waals surface area contributed by atoms with Crippen LogP contribution in [0.15, 0.2) is 6.07 Å². The summed E-state index contributed by atoms with van der Waals surface area (Å²) < 4.78 is 21.0. The second-order valence-electron chi connectivity index (χ2n) is 3.62. The summed E-state index contributed by atoms with van der Waals surface area (Å²) in [7, 11) is 0. The lowest BCUT2D eigenvalue weighted by Gasteiger charge is -2.06. The van der Waals surface area contributed by atoms with Gasteiger partial charge in [-0.25, -0.2) is 14.8 Å². The van der Waals surface area contributed by atoms with Crippen molar-refractivity contribution in [2.45, 2.75) is 24.5 Å². The number of carboxylic acid groups (broad SMARTS) is 1. The number of aromatic carboxylic acids is 1. The number of hydrogen-bond acceptors (Lipinski definition) is 5. The van der Waals surface area contributed by atoms with Crippen molar-refractivity contribution < 1.29 is 18.7 Å². The maximum Gasteiger partial charge on any atom is 0.354 e. The second kappa shape index (κ2) is 4.26. The quantitative estimate of drug-likeness (QED) is 0.767. The lowest BCUT2D eigenvalue weighted by Crippen LogP contribution is -2.09. The van der Waals surface area contributed by atoms with Crippen LogP contribution >= 0.6 is 0 Å². The van der Waals surface area contributed by atoms with E-state index in [0.717, 1.165) is 12.8 Å². The highest BCUT2D eigenvalue weighted by Gasteiger charge is 2.26. The Hall–Kier alpha value is -1.34. The third-order valence-corrected chi connectivity index (χ3v) is 2.75. The lowest BCUT2D eigenvalue weighted by atomic mass is 10.2. The molecule has 16 heavy (non-hydrogen) atoms. The summed E-state index contributed by atoms with van der Waals surface area (Å²) in [5.74, 6) is -1.20. The number of nitrogens with zero attached hydrogens (tertiary/aromatic N) is 2. The van der Waals surface area contributed by atoms with Crippen molar-refractivity contribution in [3.05, 3.63) is 23.3 Å². The van der Waals surface area contributed by atoms with Crippen LogP contribution in [0, 0.1) is 0 Å². The highest BCUT2D eigenvalue weighted by atomic mass is 32.2. The smallest absolute Gasteiger partial charge is 0.354 e. The van der Waals surface area contributed by atoms with Gasteiger partial charge in [0.05, 0.1) is 5.75 Å². The highest BCUT2D eigenvalue weighted by Crippen LogP contribution is 2.39. The SMILES string of the molecule is O=C(O)c1cc(C2CC2)nc(CS(=O)[O-])n1. The maximum absolute atomic E-state index is 10.8. The Morgan fingerprint density at radius 2 is 2.25 bits per heavy atom. The minimum atomic E-state index is -2.31. The Morgan fingerprint density at radius 3 is 2.75 bits per heavy atom. The van der Waals surface area contributed by atoms with Crippen LogP contribution in [0.4, 0.5) is 0 Å². The number of rotatable bonds is 4. The van der Waals surface area contributed by atoms with Crippen molar-refractivity contribution in [2.24, 2.45) is 0 Å². The predicted octanol–water partition coefficient (Wildman–Crippen LogP) is 0.431. The Balaban J connectivity index is 2.36. The molecule has 1 aliphatic rings. The third kappa shape index (κ3) is 2.61. The minimum absolute atomic E-state index is 0.0510. The maximum atomic E-state index is 10.8. The highest BCUT2D eigenvalue weighted by molar-refractivity contribution is 7.78. The number of carboxylic acids is 1. The number of hydrogen-bond donors (Lipinski definition) is 1. The normalized spacial score (nSPS) is 17.1. The summed E-state index contributed by atoms with van der Waals surface area (Å²) in [5.41, 5.74) is 0.491. The summed E-state index contributed by atoms with van der Waals surface area (Å²) >= 11 is -2.31. The summed E-state index contributed by atoms with van der Waals surface area (Å²) in [6.45, 7) is 0. The molecule has 1 fully saturated rings. The van der Waals surface area contributed by atoms with Crippen molar-refractivity contribution in [1.82, 2.24) is 9.97 Å². The first-order chi connectivity index (χ1) is 7.56. The molecule has 7 heteroatoms. The molecule has 0 saturated heterocycles. The predicted molar refractivity (Wildman–Crippen MR) is 53.6 cm³/mol. The fourth-order valence-electron chi connectivity index (χ4n) is 1.39. The van der Waals surface area contributed by atoms with Gasteiger partial charge in [-0.05, 0) is 30.0 Å². The van der Waals surface area contributed by atoms with Crippen molar-refractivity contribution in [2.75, 3.05) is 0 Å². The second-order valence-corrected chi connectivity index (χ2v) is 4.52. The molecule has 1 aromatic heterocycles. The van der Waals surface area contributed by atoms with E-state index in [0.29, 0.717) is 5.69 Å². The summed E-state index contributed by atoms with van der Waals surface area (Å²) in [5, 5.41) is 8.83. The van der Waals surface area contributed by atoms with Gasteiger partial charge in [0, 0.05) is 11.6 Å². The fourth-order valence-corrected chi connectivity index (χ4v) is 1.73. The molecule has 1 aliphatic carbocycles. The summed E-state index contributed by atoms with van der Waals surface area (Å²) in [4.78, 5) is 18.5. The first-order valence-electron chi connectivity index (χ1n) is 4.73. The molecule has 0 amide bonds. The number of carbonyl (C=O) groups is 1. The standard InChI is InChI=1S/C9H10N2O4S/c12-9(13)7-3-6(5-1-2-5)10-8(11-7)4-16(14)15/h3,5H,1-2,4H2,(H,12,13)(H,14,15)/p-1. The zero-order valence-electron chi connectivity index (χ0n) is 8.25. The average Bonchev–Trinajstić information content (AvgIpc) is 2.98. The van der Waals surface area contributed by atoms with E-state index in [1.165, 1.54) is 6.07 Å². The van der Waals surface area contributed by atoms with E-state index >= 15 is 0 Å². The molecule has 1 aromatic rings. The van der Waals surface area contributed by atoms with Gasteiger partial charge in [0.2, 0.25) is 0 Å². The molecule has 0 aliphatic heterocycles. The molecule has 1 N–H and O–H groups in total. The van der Waals surface area contributed by atoms with Gasteiger partial charge in [-0.3, -0.25) is 4.21 Å². The molecule has 86 valence electrons. The van der Waals surface area contributed by atoms with Gasteiger partial charge in [0.15, 0.2) is 5.69 Å². The average molecular weight is 241 g/mol. The molecule has 1 atom stereocenters. The summed E-state index contributed by atoms with van der Waals surface area (Å²) in [6.07, 6.45) is 1.94. The van der Waals surface area contributed by atoms with Crippen LogP contribution in [0.3, 0.4) is 0 Å². The van der Waals surface area contributed by atoms with Crippen LogP contribution in [0.1, 0.15) is 40.8 Å². The van der Waals surface area contributed by atoms with E-state index in [-0.39, 0.29) is 23.2 Å². The van der Waals surface area contributed by atoms with E-state index in [1.807, 2.05) is 0 Å². The largest absolute Gasteiger partial charge is 0.772 e. The molecule has 1 unspecified atom stereocenters. The molecular weight excluding hydrogens is 232 g/mol. The van der Waals surface area contributed by atoms with E-state index in [2.05, 4.69) is 9.97 Å². The van der Waals surface area contributed by atoms with E-state index in [1.54, 1.807) is 0 Å². The Bertz CT molecular complexity index is 459. The zero-order chi connectivity index (χ0) is 11.7. The monoisotopic (exact) mass is 241 g/mol. The van der Waals surface area contributed by atoms with Crippen LogP contribution in [-0.4, -0.2) is 29.8 Å². The van der Waals surface area contributed by atoms with E-state index < -0.39 is 17.0 Å². The topological polar surface area (TPSA) is 103 Å². The van der Waals surface area contributed by atoms with Gasteiger partial charge in [0.1, 0.15) is 5.82 Å². The molecule has 6 nitrogen and oxygen atoms in total. The molecule has 1 saturated carbocycles. The van der Waals surface area contributed by atoms with Crippen LogP contribution in [0.25, 0.3) is 0 Å². The minimum Gasteiger partial charge on any atom is -0.772 e. The first kappa shape index (κ1) is 11.2. The first-order valence-corrected chi connectivity index (χ1v) is 5.97. The van der Waals surface area contributed by atoms with Crippen LogP contribution in [-0.2, 0) is 16.8 Å². The van der Waals surface area contributed by atoms with Gasteiger partial charge in [-0.15, -0.1) is 0 Å². The fraction of sp³-hybridized carbons (Fsp3) is 0.444. The molecule has 0 spiro atoms. The van der Waals surface area contributed by atoms with E-state index in [4.69, 9.17) is 5.11 Å². The molecule has 0 bridgehead atoms. The summed E-state index contributed by atoms with van der Waals surface area (Å²) in [6, 6.07) is 1.41. The van der Waals surface area contributed by atoms with Crippen LogP contribution in [0.2, 0.25) is 0 Å². The molecule has 1 heterocycles. The Kier molecular flexibility index (Phi) is 2.97. The number of aromatic nitrogens is 2. The Labute approximate surface area is 94.0 Å². The van der Waals surface area contributed by atoms with Crippen molar-refractivity contribution in [3.63, 3.8) is 0 Å². The van der Waals surface area contributed by atoms with Gasteiger partial charge >= 0.3 is 5.97 Å². The third-order valence-electron chi connectivity index (χ3n) is 2.25. The zero-order valence-corrected chi connectivity index (χ0v) is 9.07. The molecular formula is C9H9N2O4S-. The van der Waals surface area contributed by atoms with Crippen molar-refractivity contribution in [1.29, 1.82) is 0 Å². The molecule has 0 aromatic carbocycles. The Morgan fingerprint density at radius 1 is 1.56 bits per heavy atom. The van der Waals surface area contributed by atoms with Crippen LogP contribution in [0.5, 0.6) is 0 Å². The lowest BCUT2D eigenvalue weighted by molar-refractivity contribution is 0.0689. The van der Waals surface area contributed by atoms with E-state index in [9.17, 15) is 13.6 Å². The molecule has 2 rings (SSSR count). The van der Waals surface area contributed by atoms with Crippen molar-refractivity contribution in [3.8, 4) is 0 Å². The van der Waals surface area contributed by atoms with Crippen molar-refractivity contribution >= 4 is 17.0 Å². The molecule has 0 radical (unpaired) electrons.